The van der Waals surface area contributed by atoms with Gasteiger partial charge < -0.3 is 19.5 Å². The maximum absolute atomic E-state index is 5.29. The van der Waals surface area contributed by atoms with E-state index < -0.39 is 0 Å². The molecule has 0 aliphatic carbocycles. The van der Waals surface area contributed by atoms with E-state index in [0.29, 0.717) is 23.7 Å². The lowest BCUT2D eigenvalue weighted by atomic mass is 10.2. The molecule has 17 heavy (non-hydrogen) atoms. The third-order valence-electron chi connectivity index (χ3n) is 2.23. The predicted octanol–water partition coefficient (Wildman–Crippen LogP) is 2.86. The van der Waals surface area contributed by atoms with Crippen molar-refractivity contribution in [2.24, 2.45) is 0 Å². The summed E-state index contributed by atoms with van der Waals surface area (Å²) in [6.45, 7) is 3.72. The van der Waals surface area contributed by atoms with Gasteiger partial charge in [0.2, 0.25) is 0 Å². The Bertz CT molecular complexity index is 363. The zero-order valence-corrected chi connectivity index (χ0v) is 10.4. The third-order valence-corrected chi connectivity index (χ3v) is 2.23. The van der Waals surface area contributed by atoms with Gasteiger partial charge in [0.25, 0.3) is 0 Å². The van der Waals surface area contributed by atoms with Crippen LogP contribution in [0, 0.1) is 6.92 Å². The number of hydrogen-bond donors (Lipinski definition) is 1. The first-order valence-electron chi connectivity index (χ1n) is 5.27. The van der Waals surface area contributed by atoms with E-state index in [1.54, 1.807) is 39.7 Å². The van der Waals surface area contributed by atoms with Gasteiger partial charge in [-0.15, -0.1) is 0 Å². The van der Waals surface area contributed by atoms with Crippen molar-refractivity contribution >= 4 is 5.69 Å². The van der Waals surface area contributed by atoms with Crippen molar-refractivity contribution in [3.8, 4) is 17.2 Å². The number of methoxy groups -OCH3 is 3. The van der Waals surface area contributed by atoms with E-state index >= 15 is 0 Å². The minimum absolute atomic E-state index is 0.662. The number of ether oxygens (including phenoxy) is 3. The first kappa shape index (κ1) is 13.2. The molecule has 4 nitrogen and oxygen atoms in total. The van der Waals surface area contributed by atoms with Crippen molar-refractivity contribution in [2.45, 2.75) is 6.42 Å². The average molecular weight is 236 g/mol. The summed E-state index contributed by atoms with van der Waals surface area (Å²) in [7, 11) is 4.80. The zero-order chi connectivity index (χ0) is 12.7. The molecule has 1 N–H and O–H groups in total. The van der Waals surface area contributed by atoms with Crippen molar-refractivity contribution in [3.63, 3.8) is 0 Å². The second kappa shape index (κ2) is 6.68. The Kier molecular flexibility index (Phi) is 5.20. The monoisotopic (exact) mass is 236 g/mol. The lowest BCUT2D eigenvalue weighted by Crippen LogP contribution is -1.98. The summed E-state index contributed by atoms with van der Waals surface area (Å²) in [6, 6.07) is 3.59. The van der Waals surface area contributed by atoms with Crippen LogP contribution in [0.5, 0.6) is 17.2 Å². The molecule has 0 atom stereocenters. The summed E-state index contributed by atoms with van der Waals surface area (Å²) in [5.41, 5.74) is 0.764. The number of allylic oxidation sites excluding steroid dienone is 1. The van der Waals surface area contributed by atoms with Crippen molar-refractivity contribution in [1.82, 2.24) is 0 Å². The standard InChI is InChI=1S/C13H18NO3/c1-5-6-7-14-13-11(16-3)8-10(15-2)9-12(13)17-4/h6-9,14H,1,5H2,2-4H3/b7-6+. The van der Waals surface area contributed by atoms with Gasteiger partial charge in [-0.25, -0.2) is 0 Å². The molecule has 0 aromatic heterocycles. The molecule has 0 bridgehead atoms. The topological polar surface area (TPSA) is 39.7 Å². The predicted molar refractivity (Wildman–Crippen MR) is 68.8 cm³/mol. The van der Waals surface area contributed by atoms with Crippen LogP contribution in [0.25, 0.3) is 0 Å². The molecule has 1 aromatic carbocycles. The Labute approximate surface area is 102 Å². The van der Waals surface area contributed by atoms with Crippen LogP contribution >= 0.6 is 0 Å². The number of hydrogen-bond acceptors (Lipinski definition) is 4. The second-order valence-corrected chi connectivity index (χ2v) is 3.24. The van der Waals surface area contributed by atoms with Gasteiger partial charge in [0.1, 0.15) is 22.9 Å². The largest absolute Gasteiger partial charge is 0.496 e. The van der Waals surface area contributed by atoms with Gasteiger partial charge in [0, 0.05) is 12.1 Å². The summed E-state index contributed by atoms with van der Waals surface area (Å²) in [5.74, 6) is 2.01. The van der Waals surface area contributed by atoms with Gasteiger partial charge in [0.15, 0.2) is 0 Å². The van der Waals surface area contributed by atoms with Crippen molar-refractivity contribution in [1.29, 1.82) is 0 Å². The number of benzene rings is 1. The molecule has 4 heteroatoms. The fourth-order valence-electron chi connectivity index (χ4n) is 1.37. The highest BCUT2D eigenvalue weighted by molar-refractivity contribution is 5.69. The minimum Gasteiger partial charge on any atom is -0.496 e. The molecule has 0 amide bonds. The van der Waals surface area contributed by atoms with Crippen LogP contribution < -0.4 is 19.5 Å². The highest BCUT2D eigenvalue weighted by Gasteiger charge is 2.11. The molecule has 1 aromatic rings. The lowest BCUT2D eigenvalue weighted by molar-refractivity contribution is 0.378. The fourth-order valence-corrected chi connectivity index (χ4v) is 1.37. The lowest BCUT2D eigenvalue weighted by Gasteiger charge is -2.14. The summed E-state index contributed by atoms with van der Waals surface area (Å²) >= 11 is 0. The van der Waals surface area contributed by atoms with Crippen LogP contribution in [-0.4, -0.2) is 21.3 Å². The summed E-state index contributed by atoms with van der Waals surface area (Å²) in [4.78, 5) is 0. The molecule has 93 valence electrons. The molecule has 0 aliphatic rings. The van der Waals surface area contributed by atoms with E-state index in [9.17, 15) is 0 Å². The molecule has 0 fully saturated rings. The number of rotatable bonds is 6. The molecule has 0 unspecified atom stereocenters. The van der Waals surface area contributed by atoms with Gasteiger partial charge in [-0.2, -0.15) is 0 Å². The number of anilines is 1. The molecule has 0 saturated carbocycles. The summed E-state index contributed by atoms with van der Waals surface area (Å²) in [6.07, 6.45) is 4.43. The quantitative estimate of drug-likeness (QED) is 0.824. The normalized spacial score (nSPS) is 10.4. The van der Waals surface area contributed by atoms with Gasteiger partial charge in [-0.05, 0) is 19.5 Å². The van der Waals surface area contributed by atoms with Gasteiger partial charge in [-0.3, -0.25) is 0 Å². The van der Waals surface area contributed by atoms with Crippen molar-refractivity contribution in [2.75, 3.05) is 26.6 Å². The molecule has 0 heterocycles. The molecular weight excluding hydrogens is 218 g/mol. The summed E-state index contributed by atoms with van der Waals surface area (Å²) < 4.78 is 15.7. The van der Waals surface area contributed by atoms with E-state index in [1.165, 1.54) is 0 Å². The molecular formula is C13H18NO3. The van der Waals surface area contributed by atoms with Crippen LogP contribution in [0.4, 0.5) is 5.69 Å². The Morgan fingerprint density at radius 2 is 1.71 bits per heavy atom. The maximum atomic E-state index is 5.29. The molecule has 0 spiro atoms. The van der Waals surface area contributed by atoms with Crippen LogP contribution in [0.1, 0.15) is 6.42 Å². The van der Waals surface area contributed by atoms with E-state index in [1.807, 2.05) is 6.08 Å². The van der Waals surface area contributed by atoms with Crippen molar-refractivity contribution < 1.29 is 14.2 Å². The van der Waals surface area contributed by atoms with Crippen LogP contribution in [-0.2, 0) is 0 Å². The first-order chi connectivity index (χ1) is 8.26. The van der Waals surface area contributed by atoms with Crippen LogP contribution in [0.2, 0.25) is 0 Å². The number of nitrogens with one attached hydrogen (secondary N) is 1. The smallest absolute Gasteiger partial charge is 0.149 e. The Balaban J connectivity index is 3.10. The highest BCUT2D eigenvalue weighted by atomic mass is 16.5. The van der Waals surface area contributed by atoms with Gasteiger partial charge in [-0.1, -0.05) is 6.08 Å². The zero-order valence-electron chi connectivity index (χ0n) is 10.4. The van der Waals surface area contributed by atoms with E-state index in [4.69, 9.17) is 14.2 Å². The van der Waals surface area contributed by atoms with Crippen LogP contribution in [0.3, 0.4) is 0 Å². The Morgan fingerprint density at radius 3 is 2.12 bits per heavy atom. The van der Waals surface area contributed by atoms with Gasteiger partial charge >= 0.3 is 0 Å². The van der Waals surface area contributed by atoms with E-state index in [-0.39, 0.29) is 0 Å². The molecule has 1 rings (SSSR count). The Hall–Kier alpha value is -1.84. The SMILES string of the molecule is [CH2]C/C=C/Nc1c(OC)cc(OC)cc1OC. The summed E-state index contributed by atoms with van der Waals surface area (Å²) in [5, 5.41) is 3.11. The highest BCUT2D eigenvalue weighted by Crippen LogP contribution is 2.38. The third kappa shape index (κ3) is 3.31. The molecule has 0 saturated heterocycles. The van der Waals surface area contributed by atoms with Crippen LogP contribution in [0.15, 0.2) is 24.4 Å². The maximum Gasteiger partial charge on any atom is 0.149 e. The van der Waals surface area contributed by atoms with Gasteiger partial charge in [0.05, 0.1) is 21.3 Å². The fraction of sp³-hybridized carbons (Fsp3) is 0.308. The first-order valence-corrected chi connectivity index (χ1v) is 5.27. The van der Waals surface area contributed by atoms with E-state index in [2.05, 4.69) is 12.2 Å². The van der Waals surface area contributed by atoms with E-state index in [0.717, 1.165) is 5.69 Å². The second-order valence-electron chi connectivity index (χ2n) is 3.24. The molecule has 0 aliphatic heterocycles. The minimum atomic E-state index is 0.662. The molecule has 1 radical (unpaired) electrons. The Morgan fingerprint density at radius 1 is 1.12 bits per heavy atom. The van der Waals surface area contributed by atoms with Crippen molar-refractivity contribution in [3.05, 3.63) is 31.3 Å². The average Bonchev–Trinajstić information content (AvgIpc) is 2.38.